The van der Waals surface area contributed by atoms with Crippen LogP contribution in [-0.4, -0.2) is 37.4 Å². The van der Waals surface area contributed by atoms with Gasteiger partial charge >= 0.3 is 7.48 Å². The third kappa shape index (κ3) is 6.95. The molecule has 6 heteroatoms. The molecule has 0 radical (unpaired) electrons. The fraction of sp³-hybridized carbons (Fsp3) is 0.467. The molecule has 0 fully saturated rings. The summed E-state index contributed by atoms with van der Waals surface area (Å²) in [5, 5.41) is 14.6. The monoisotopic (exact) mass is 290 g/mol. The maximum atomic E-state index is 11.8. The normalized spacial score (nSPS) is 10.0. The topological polar surface area (TPSA) is 78.4 Å². The number of hydrogen-bond donors (Lipinski definition) is 3. The molecule has 0 unspecified atom stereocenters. The van der Waals surface area contributed by atoms with Crippen molar-refractivity contribution in [3.8, 4) is 0 Å². The molecule has 0 aliphatic carbocycles. The number of hydrogen-bond acceptors (Lipinski definition) is 3. The molecule has 21 heavy (non-hydrogen) atoms. The highest BCUT2D eigenvalue weighted by molar-refractivity contribution is 6.45. The van der Waals surface area contributed by atoms with Gasteiger partial charge in [0.1, 0.15) is 0 Å². The zero-order chi connectivity index (χ0) is 15.5. The quantitative estimate of drug-likeness (QED) is 0.445. The van der Waals surface area contributed by atoms with Crippen molar-refractivity contribution in [3.63, 3.8) is 0 Å². The Morgan fingerprint density at radius 2 is 1.81 bits per heavy atom. The van der Waals surface area contributed by atoms with Crippen LogP contribution in [0.15, 0.2) is 24.3 Å². The second-order valence-corrected chi connectivity index (χ2v) is 4.92. The molecule has 1 aromatic rings. The number of rotatable bonds is 9. The first-order chi connectivity index (χ1) is 10.2. The Kier molecular flexibility index (Phi) is 8.20. The van der Waals surface area contributed by atoms with E-state index in [1.54, 1.807) is 24.3 Å². The van der Waals surface area contributed by atoms with Crippen LogP contribution in [0.5, 0.6) is 0 Å². The van der Waals surface area contributed by atoms with E-state index in [0.29, 0.717) is 18.5 Å². The molecule has 0 aliphatic rings. The molecule has 0 aliphatic heterocycles. The van der Waals surface area contributed by atoms with E-state index in [1.165, 1.54) is 0 Å². The largest absolute Gasteiger partial charge is 0.449 e. The standard InChI is InChI=1S/C15H23BN2O3/c1-2-10-17-14(19)5-3-4-11-18-15(20)12-6-8-13(16-21)9-7-12/h6-9,16,21H,2-5,10-11H2,1H3,(H,17,19)(H,18,20). The molecule has 3 N–H and O–H groups in total. The van der Waals surface area contributed by atoms with E-state index in [1.807, 2.05) is 6.92 Å². The van der Waals surface area contributed by atoms with Crippen molar-refractivity contribution < 1.29 is 14.6 Å². The van der Waals surface area contributed by atoms with Crippen LogP contribution in [0.2, 0.25) is 0 Å². The average Bonchev–Trinajstić information content (AvgIpc) is 2.52. The van der Waals surface area contributed by atoms with E-state index in [9.17, 15) is 9.59 Å². The number of unbranched alkanes of at least 4 members (excludes halogenated alkanes) is 1. The van der Waals surface area contributed by atoms with Crippen molar-refractivity contribution in [2.75, 3.05) is 13.1 Å². The first kappa shape index (κ1) is 17.2. The Labute approximate surface area is 126 Å². The molecule has 1 aromatic carbocycles. The molecule has 1 rings (SSSR count). The smallest absolute Gasteiger partial charge is 0.304 e. The van der Waals surface area contributed by atoms with Gasteiger partial charge in [0.05, 0.1) is 0 Å². The van der Waals surface area contributed by atoms with E-state index in [2.05, 4.69) is 10.6 Å². The van der Waals surface area contributed by atoms with Gasteiger partial charge in [-0.2, -0.15) is 0 Å². The zero-order valence-electron chi connectivity index (χ0n) is 12.5. The fourth-order valence-corrected chi connectivity index (χ4v) is 1.83. The van der Waals surface area contributed by atoms with E-state index < -0.39 is 0 Å². The van der Waals surface area contributed by atoms with Gasteiger partial charge in [-0.3, -0.25) is 9.59 Å². The number of nitrogens with one attached hydrogen (secondary N) is 2. The maximum absolute atomic E-state index is 11.8. The van der Waals surface area contributed by atoms with Crippen LogP contribution in [0.25, 0.3) is 0 Å². The lowest BCUT2D eigenvalue weighted by atomic mass is 9.88. The first-order valence-electron chi connectivity index (χ1n) is 7.42. The molecule has 0 aromatic heterocycles. The molecule has 114 valence electrons. The van der Waals surface area contributed by atoms with Gasteiger partial charge in [0.2, 0.25) is 5.91 Å². The molecule has 0 heterocycles. The Morgan fingerprint density at radius 1 is 1.10 bits per heavy atom. The molecular formula is C15H23BN2O3. The highest BCUT2D eigenvalue weighted by Gasteiger charge is 2.05. The van der Waals surface area contributed by atoms with Crippen molar-refractivity contribution in [1.29, 1.82) is 0 Å². The number of benzene rings is 1. The Hall–Kier alpha value is -1.82. The molecule has 0 spiro atoms. The summed E-state index contributed by atoms with van der Waals surface area (Å²) in [4.78, 5) is 23.2. The minimum Gasteiger partial charge on any atom is -0.449 e. The van der Waals surface area contributed by atoms with Crippen LogP contribution in [0.1, 0.15) is 43.0 Å². The van der Waals surface area contributed by atoms with Crippen LogP contribution in [0.4, 0.5) is 0 Å². The highest BCUT2D eigenvalue weighted by atomic mass is 16.2. The third-order valence-corrected chi connectivity index (χ3v) is 3.09. The van der Waals surface area contributed by atoms with Crippen LogP contribution in [0, 0.1) is 0 Å². The van der Waals surface area contributed by atoms with Gasteiger partial charge in [0.15, 0.2) is 0 Å². The fourth-order valence-electron chi connectivity index (χ4n) is 1.83. The van der Waals surface area contributed by atoms with Crippen molar-refractivity contribution in [1.82, 2.24) is 10.6 Å². The van der Waals surface area contributed by atoms with Crippen LogP contribution in [0.3, 0.4) is 0 Å². The maximum Gasteiger partial charge on any atom is 0.304 e. The first-order valence-corrected chi connectivity index (χ1v) is 7.42. The lowest BCUT2D eigenvalue weighted by molar-refractivity contribution is -0.121. The predicted octanol–water partition coefficient (Wildman–Crippen LogP) is 0.0820. The highest BCUT2D eigenvalue weighted by Crippen LogP contribution is 1.98. The van der Waals surface area contributed by atoms with Gasteiger partial charge in [0, 0.05) is 25.1 Å². The van der Waals surface area contributed by atoms with Gasteiger partial charge < -0.3 is 15.7 Å². The van der Waals surface area contributed by atoms with Gasteiger partial charge in [-0.15, -0.1) is 0 Å². The lowest BCUT2D eigenvalue weighted by Gasteiger charge is -2.06. The van der Waals surface area contributed by atoms with Crippen LogP contribution < -0.4 is 16.1 Å². The lowest BCUT2D eigenvalue weighted by Crippen LogP contribution is -2.26. The van der Waals surface area contributed by atoms with E-state index in [0.717, 1.165) is 31.3 Å². The van der Waals surface area contributed by atoms with Gasteiger partial charge in [-0.25, -0.2) is 0 Å². The van der Waals surface area contributed by atoms with E-state index in [4.69, 9.17) is 5.02 Å². The molecule has 2 amide bonds. The summed E-state index contributed by atoms with van der Waals surface area (Å²) >= 11 is 0. The summed E-state index contributed by atoms with van der Waals surface area (Å²) in [5.74, 6) is -0.0577. The predicted molar refractivity (Wildman–Crippen MR) is 84.9 cm³/mol. The third-order valence-electron chi connectivity index (χ3n) is 3.09. The van der Waals surface area contributed by atoms with Crippen molar-refractivity contribution in [2.24, 2.45) is 0 Å². The SMILES string of the molecule is CCCNC(=O)CCCCNC(=O)c1ccc(BO)cc1. The summed E-state index contributed by atoms with van der Waals surface area (Å²) in [7, 11) is -0.0258. The Bertz CT molecular complexity index is 449. The summed E-state index contributed by atoms with van der Waals surface area (Å²) < 4.78 is 0. The van der Waals surface area contributed by atoms with Crippen molar-refractivity contribution in [3.05, 3.63) is 29.8 Å². The van der Waals surface area contributed by atoms with Crippen molar-refractivity contribution >= 4 is 24.8 Å². The number of carbonyl (C=O) groups is 2. The van der Waals surface area contributed by atoms with E-state index >= 15 is 0 Å². The zero-order valence-corrected chi connectivity index (χ0v) is 12.5. The number of carbonyl (C=O) groups excluding carboxylic acids is 2. The summed E-state index contributed by atoms with van der Waals surface area (Å²) in [6.07, 6.45) is 2.98. The van der Waals surface area contributed by atoms with Gasteiger partial charge in [-0.1, -0.05) is 24.5 Å². The Morgan fingerprint density at radius 3 is 2.43 bits per heavy atom. The molecule has 0 bridgehead atoms. The second-order valence-electron chi connectivity index (χ2n) is 4.92. The summed E-state index contributed by atoms with van der Waals surface area (Å²) in [6, 6.07) is 6.85. The summed E-state index contributed by atoms with van der Waals surface area (Å²) in [6.45, 7) is 3.30. The summed E-state index contributed by atoms with van der Waals surface area (Å²) in [5.41, 5.74) is 1.36. The van der Waals surface area contributed by atoms with Gasteiger partial charge in [-0.05, 0) is 31.4 Å². The minimum atomic E-state index is -0.130. The van der Waals surface area contributed by atoms with Crippen molar-refractivity contribution in [2.45, 2.75) is 32.6 Å². The molecule has 0 saturated heterocycles. The second kappa shape index (κ2) is 9.99. The average molecular weight is 290 g/mol. The molecule has 0 atom stereocenters. The van der Waals surface area contributed by atoms with Crippen LogP contribution >= 0.6 is 0 Å². The van der Waals surface area contributed by atoms with E-state index in [-0.39, 0.29) is 19.3 Å². The number of amides is 2. The minimum absolute atomic E-state index is 0.0258. The molecule has 0 saturated carbocycles. The van der Waals surface area contributed by atoms with Gasteiger partial charge in [0.25, 0.3) is 5.91 Å². The molecule has 5 nitrogen and oxygen atoms in total. The Balaban J connectivity index is 2.17. The van der Waals surface area contributed by atoms with Crippen LogP contribution in [-0.2, 0) is 4.79 Å². The molecular weight excluding hydrogens is 267 g/mol.